The van der Waals surface area contributed by atoms with Gasteiger partial charge in [0.05, 0.1) is 0 Å². The molecular weight excluding hydrogens is 1150 g/mol. The summed E-state index contributed by atoms with van der Waals surface area (Å²) in [7, 11) is -1.69. The van der Waals surface area contributed by atoms with Crippen LogP contribution < -0.4 is 21.2 Å². The van der Waals surface area contributed by atoms with E-state index in [0.717, 1.165) is 54.2 Å². The van der Waals surface area contributed by atoms with Crippen LogP contribution in [-0.4, -0.2) is 5.90 Å². The fraction of sp³-hybridized carbons (Fsp3) is 0.0137. The first-order chi connectivity index (χ1) is 37.1. The summed E-state index contributed by atoms with van der Waals surface area (Å²) < 4.78 is 0. The molecule has 0 aliphatic carbocycles. The van der Waals surface area contributed by atoms with Crippen LogP contribution in [0.1, 0.15) is 11.1 Å². The minimum atomic E-state index is -0.847. The molecule has 0 N–H and O–H groups in total. The molecule has 14 aromatic rings. The summed E-state index contributed by atoms with van der Waals surface area (Å²) in [5, 5.41) is 24.7. The van der Waals surface area contributed by atoms with E-state index in [1.807, 2.05) is 0 Å². The molecule has 0 fully saturated rings. The Labute approximate surface area is 484 Å². The van der Waals surface area contributed by atoms with Crippen molar-refractivity contribution in [3.05, 3.63) is 303 Å². The minimum Gasteiger partial charge on any atom is -0.366 e. The molecule has 4 heteroatoms. The van der Waals surface area contributed by atoms with Crippen LogP contribution in [0.15, 0.2) is 279 Å². The van der Waals surface area contributed by atoms with Gasteiger partial charge in [-0.1, -0.05) is 216 Å². The zero-order valence-corrected chi connectivity index (χ0v) is 46.8. The molecule has 0 saturated carbocycles. The van der Waals surface area contributed by atoms with E-state index in [1.165, 1.54) is 70.2 Å². The van der Waals surface area contributed by atoms with E-state index < -0.39 is 15.8 Å². The zero-order valence-electron chi connectivity index (χ0n) is 41.9. The summed E-state index contributed by atoms with van der Waals surface area (Å²) in [6.07, 6.45) is 15.7. The third kappa shape index (κ3) is 11.2. The largest absolute Gasteiger partial charge is 1.00 e. The van der Waals surface area contributed by atoms with Crippen molar-refractivity contribution in [2.24, 2.45) is 0 Å². The molecule has 0 heterocycles. The minimum absolute atomic E-state index is 0. The summed E-state index contributed by atoms with van der Waals surface area (Å²) in [5.74, 6) is 6.63. The van der Waals surface area contributed by atoms with E-state index in [9.17, 15) is 0 Å². The average Bonchev–Trinajstić information content (AvgIpc) is 3.51. The van der Waals surface area contributed by atoms with E-state index in [1.54, 1.807) is 0 Å². The van der Waals surface area contributed by atoms with Crippen LogP contribution >= 0.6 is 15.8 Å². The molecule has 372 valence electrons. The van der Waals surface area contributed by atoms with Crippen LogP contribution in [-0.2, 0) is 44.8 Å². The first kappa shape index (κ1) is 53.0. The first-order valence-electron chi connectivity index (χ1n) is 25.4. The molecule has 0 spiro atoms. The van der Waals surface area contributed by atoms with Crippen LogP contribution in [0, 0.1) is 24.7 Å². The number of hydrogen-bond donors (Lipinski definition) is 0. The normalized spacial score (nSPS) is 10.9. The van der Waals surface area contributed by atoms with Gasteiger partial charge in [-0.15, -0.1) is 11.1 Å². The topological polar surface area (TPSA) is 0 Å². The fourth-order valence-electron chi connectivity index (χ4n) is 10.7. The molecule has 0 aromatic heterocycles. The monoisotopic (exact) mass is 1200 g/mol. The van der Waals surface area contributed by atoms with E-state index in [-0.39, 0.29) is 44.8 Å². The van der Waals surface area contributed by atoms with E-state index >= 15 is 0 Å². The van der Waals surface area contributed by atoms with Crippen LogP contribution in [0.5, 0.6) is 0 Å². The van der Waals surface area contributed by atoms with Crippen molar-refractivity contribution >= 4 is 123 Å². The Kier molecular flexibility index (Phi) is 16.7. The maximum Gasteiger partial charge on any atom is 1.00 e. The van der Waals surface area contributed by atoms with Gasteiger partial charge in [0.1, 0.15) is 37.1 Å². The Hall–Kier alpha value is -7.38. The van der Waals surface area contributed by atoms with Gasteiger partial charge < -0.3 is 12.8 Å². The van der Waals surface area contributed by atoms with Crippen LogP contribution in [0.4, 0.5) is 0 Å². The second kappa shape index (κ2) is 24.3. The van der Waals surface area contributed by atoms with Gasteiger partial charge in [0.2, 0.25) is 0 Å². The van der Waals surface area contributed by atoms with E-state index in [4.69, 9.17) is 12.8 Å². The van der Waals surface area contributed by atoms with Crippen molar-refractivity contribution in [1.29, 1.82) is 0 Å². The standard InChI is InChI=1S/C25H22P2.2C24H13.2Ag/c1-5-13-22(14-6-1)26(23-15-7-2-8-16-23)21-27(24-17-9-3-10-18-24)25-19-11-4-12-20-25;2*1-2-22-23-14-18-9-5-3-7-16(18)11-20(23)13-21-12-17-8-4-6-10-19(17)15-24(21)22;;/h1-20H,21H2;2*3-15H;;/q;2*-1;2*+1/p+2. The molecule has 14 rings (SSSR count). The average molecular weight is 1200 g/mol. The summed E-state index contributed by atoms with van der Waals surface area (Å²) in [5.41, 5.74) is 1.75. The molecular formula is C73H50Ag2P2+2. The van der Waals surface area contributed by atoms with Gasteiger partial charge in [-0.3, -0.25) is 11.8 Å². The van der Waals surface area contributed by atoms with Gasteiger partial charge in [0.15, 0.2) is 5.90 Å². The summed E-state index contributed by atoms with van der Waals surface area (Å²) in [4.78, 5) is 0. The molecule has 77 heavy (non-hydrogen) atoms. The Balaban J connectivity index is 0.000000130. The number of hydrogen-bond acceptors (Lipinski definition) is 0. The van der Waals surface area contributed by atoms with Gasteiger partial charge in [0.25, 0.3) is 0 Å². The number of fused-ring (bicyclic) bond motifs is 8. The summed E-state index contributed by atoms with van der Waals surface area (Å²) >= 11 is 0. The van der Waals surface area contributed by atoms with Crippen molar-refractivity contribution in [2.45, 2.75) is 0 Å². The number of rotatable bonds is 6. The quantitative estimate of drug-likeness (QED) is 0.0512. The van der Waals surface area contributed by atoms with E-state index in [0.29, 0.717) is 0 Å². The van der Waals surface area contributed by atoms with Crippen LogP contribution in [0.25, 0.3) is 86.2 Å². The van der Waals surface area contributed by atoms with E-state index in [2.05, 4.69) is 291 Å². The molecule has 0 aliphatic heterocycles. The van der Waals surface area contributed by atoms with Crippen molar-refractivity contribution in [2.75, 3.05) is 5.90 Å². The van der Waals surface area contributed by atoms with Gasteiger partial charge in [-0.2, -0.15) is 0 Å². The summed E-state index contributed by atoms with van der Waals surface area (Å²) in [6.45, 7) is 0. The molecule has 14 aromatic carbocycles. The van der Waals surface area contributed by atoms with Crippen LogP contribution in [0.2, 0.25) is 0 Å². The molecule has 0 aliphatic rings. The smallest absolute Gasteiger partial charge is 0.366 e. The van der Waals surface area contributed by atoms with Crippen molar-refractivity contribution < 1.29 is 44.8 Å². The first-order valence-corrected chi connectivity index (χ1v) is 28.8. The Morgan fingerprint density at radius 1 is 0.234 bits per heavy atom. The molecule has 0 saturated heterocycles. The van der Waals surface area contributed by atoms with Crippen molar-refractivity contribution in [1.82, 2.24) is 0 Å². The second-order valence-electron chi connectivity index (χ2n) is 19.0. The molecule has 0 radical (unpaired) electrons. The SMILES string of the molecule is [Ag+].[Ag+].[C-]#Cc1c2cc3ccccc3cc2cc2cc3ccccc3cc12.[C-]#Cc1c2cc3ccccc3cc2cc2cc3ccccc3cc12.c1ccc([PH+](C[PH+](c2ccccc2)c2ccccc2)c2ccccc2)cc1. The maximum absolute atomic E-state index is 7.87. The Bertz CT molecular complexity index is 3920. The predicted molar refractivity (Wildman–Crippen MR) is 331 cm³/mol. The molecule has 0 nitrogen and oxygen atoms in total. The van der Waals surface area contributed by atoms with Crippen molar-refractivity contribution in [3.8, 4) is 11.8 Å². The van der Waals surface area contributed by atoms with Gasteiger partial charge >= 0.3 is 44.8 Å². The second-order valence-corrected chi connectivity index (χ2v) is 24.7. The van der Waals surface area contributed by atoms with Gasteiger partial charge in [-0.25, -0.2) is 0 Å². The third-order valence-corrected chi connectivity index (χ3v) is 21.4. The fourth-order valence-corrected chi connectivity index (χ4v) is 18.5. The third-order valence-electron chi connectivity index (χ3n) is 14.5. The Morgan fingerprint density at radius 3 is 0.623 bits per heavy atom. The van der Waals surface area contributed by atoms with Gasteiger partial charge in [0, 0.05) is 0 Å². The molecule has 0 atom stereocenters. The zero-order chi connectivity index (χ0) is 50.5. The molecule has 0 unspecified atom stereocenters. The molecule has 0 amide bonds. The van der Waals surface area contributed by atoms with Crippen LogP contribution in [0.3, 0.4) is 0 Å². The number of benzene rings is 14. The maximum atomic E-state index is 7.87. The Morgan fingerprint density at radius 2 is 0.416 bits per heavy atom. The van der Waals surface area contributed by atoms with Crippen molar-refractivity contribution in [3.63, 3.8) is 0 Å². The molecule has 0 bridgehead atoms. The summed E-state index contributed by atoms with van der Waals surface area (Å²) in [6, 6.07) is 99.9. The van der Waals surface area contributed by atoms with Gasteiger partial charge in [-0.05, 0) is 150 Å². The predicted octanol–water partition coefficient (Wildman–Crippen LogP) is 17.1.